The Hall–Kier alpha value is -1.89. The Balaban J connectivity index is 2.59. The Labute approximate surface area is 94.7 Å². The molecule has 0 fully saturated rings. The first-order valence-corrected chi connectivity index (χ1v) is 5.51. The number of nitrogens with zero attached hydrogens (tertiary/aromatic N) is 1. The van der Waals surface area contributed by atoms with Crippen LogP contribution in [0.1, 0.15) is 11.3 Å². The Bertz CT molecular complexity index is 683. The van der Waals surface area contributed by atoms with Gasteiger partial charge in [-0.3, -0.25) is 4.98 Å². The first-order valence-electron chi connectivity index (χ1n) is 5.51. The van der Waals surface area contributed by atoms with Crippen molar-refractivity contribution in [2.45, 2.75) is 13.8 Å². The van der Waals surface area contributed by atoms with Crippen LogP contribution >= 0.6 is 0 Å². The van der Waals surface area contributed by atoms with Crippen LogP contribution in [0.2, 0.25) is 0 Å². The molecule has 1 nitrogen and oxygen atoms in total. The molecule has 0 unspecified atom stereocenters. The maximum atomic E-state index is 4.66. The van der Waals surface area contributed by atoms with Crippen molar-refractivity contribution in [3.05, 3.63) is 53.7 Å². The molecule has 0 bridgehead atoms. The van der Waals surface area contributed by atoms with Gasteiger partial charge in [0.25, 0.3) is 0 Å². The number of pyridine rings is 1. The van der Waals surface area contributed by atoms with Crippen molar-refractivity contribution >= 4 is 21.7 Å². The van der Waals surface area contributed by atoms with E-state index in [0.29, 0.717) is 0 Å². The van der Waals surface area contributed by atoms with Gasteiger partial charge in [-0.05, 0) is 30.9 Å². The fourth-order valence-electron chi connectivity index (χ4n) is 2.24. The van der Waals surface area contributed by atoms with Gasteiger partial charge in [-0.25, -0.2) is 0 Å². The molecule has 1 aromatic heterocycles. The van der Waals surface area contributed by atoms with E-state index in [-0.39, 0.29) is 0 Å². The molecule has 0 N–H and O–H groups in total. The monoisotopic (exact) mass is 207 g/mol. The highest BCUT2D eigenvalue weighted by Gasteiger charge is 2.04. The van der Waals surface area contributed by atoms with Crippen LogP contribution in [0.3, 0.4) is 0 Å². The second-order valence-corrected chi connectivity index (χ2v) is 4.26. The molecule has 0 saturated heterocycles. The Morgan fingerprint density at radius 1 is 0.812 bits per heavy atom. The van der Waals surface area contributed by atoms with Gasteiger partial charge in [0.2, 0.25) is 0 Å². The average molecular weight is 207 g/mol. The van der Waals surface area contributed by atoms with Crippen LogP contribution in [-0.4, -0.2) is 4.98 Å². The molecule has 0 atom stereocenters. The predicted octanol–water partition coefficient (Wildman–Crippen LogP) is 4.00. The molecule has 3 rings (SSSR count). The molecular weight excluding hydrogens is 194 g/mol. The van der Waals surface area contributed by atoms with Gasteiger partial charge in [0.15, 0.2) is 0 Å². The maximum Gasteiger partial charge on any atom is 0.0714 e. The van der Waals surface area contributed by atoms with Crippen molar-refractivity contribution in [3.63, 3.8) is 0 Å². The average Bonchev–Trinajstić information content (AvgIpc) is 2.29. The van der Waals surface area contributed by atoms with E-state index in [9.17, 15) is 0 Å². The molecular formula is C15H13N. The van der Waals surface area contributed by atoms with Gasteiger partial charge < -0.3 is 0 Å². The normalized spacial score (nSPS) is 11.1. The standard InChI is InChI=1S/C15H13N/c1-10-7-8-14-13-6-4-3-5-12(13)11(2)16-15(14)9-10/h3-9H,1-2H3. The molecule has 2 aromatic carbocycles. The fourth-order valence-corrected chi connectivity index (χ4v) is 2.24. The van der Waals surface area contributed by atoms with Gasteiger partial charge >= 0.3 is 0 Å². The molecule has 1 heterocycles. The van der Waals surface area contributed by atoms with E-state index in [2.05, 4.69) is 61.3 Å². The van der Waals surface area contributed by atoms with Crippen LogP contribution in [0.4, 0.5) is 0 Å². The van der Waals surface area contributed by atoms with Gasteiger partial charge in [0.1, 0.15) is 0 Å². The van der Waals surface area contributed by atoms with E-state index in [4.69, 9.17) is 0 Å². The quantitative estimate of drug-likeness (QED) is 0.508. The molecule has 0 aliphatic heterocycles. The fraction of sp³-hybridized carbons (Fsp3) is 0.133. The lowest BCUT2D eigenvalue weighted by atomic mass is 10.0. The van der Waals surface area contributed by atoms with Gasteiger partial charge in [-0.2, -0.15) is 0 Å². The third-order valence-electron chi connectivity index (χ3n) is 3.05. The van der Waals surface area contributed by atoms with Crippen molar-refractivity contribution in [3.8, 4) is 0 Å². The minimum Gasteiger partial charge on any atom is -0.252 e. The lowest BCUT2D eigenvalue weighted by Crippen LogP contribution is -1.88. The zero-order chi connectivity index (χ0) is 11.1. The highest BCUT2D eigenvalue weighted by atomic mass is 14.7. The molecule has 0 spiro atoms. The van der Waals surface area contributed by atoms with Crippen LogP contribution in [0, 0.1) is 13.8 Å². The zero-order valence-electron chi connectivity index (χ0n) is 9.49. The maximum absolute atomic E-state index is 4.66. The Kier molecular flexibility index (Phi) is 1.93. The Morgan fingerprint density at radius 3 is 2.38 bits per heavy atom. The second kappa shape index (κ2) is 3.31. The van der Waals surface area contributed by atoms with E-state index in [1.807, 2.05) is 0 Å². The topological polar surface area (TPSA) is 12.9 Å². The van der Waals surface area contributed by atoms with Crippen LogP contribution < -0.4 is 0 Å². The highest BCUT2D eigenvalue weighted by Crippen LogP contribution is 2.26. The third-order valence-corrected chi connectivity index (χ3v) is 3.05. The molecule has 3 aromatic rings. The van der Waals surface area contributed by atoms with Crippen LogP contribution in [0.5, 0.6) is 0 Å². The summed E-state index contributed by atoms with van der Waals surface area (Å²) in [5.41, 5.74) is 3.46. The molecule has 0 amide bonds. The lowest BCUT2D eigenvalue weighted by Gasteiger charge is -2.06. The number of rotatable bonds is 0. The minimum atomic E-state index is 1.09. The molecule has 16 heavy (non-hydrogen) atoms. The summed E-state index contributed by atoms with van der Waals surface area (Å²) in [4.78, 5) is 4.66. The van der Waals surface area contributed by atoms with Crippen LogP contribution in [0.25, 0.3) is 21.7 Å². The molecule has 0 radical (unpaired) electrons. The predicted molar refractivity (Wildman–Crippen MR) is 68.7 cm³/mol. The summed E-state index contributed by atoms with van der Waals surface area (Å²) in [6.45, 7) is 4.18. The number of hydrogen-bond donors (Lipinski definition) is 0. The molecule has 78 valence electrons. The molecule has 0 aliphatic rings. The highest BCUT2D eigenvalue weighted by molar-refractivity contribution is 6.06. The van der Waals surface area contributed by atoms with Crippen molar-refractivity contribution < 1.29 is 0 Å². The number of aromatic nitrogens is 1. The van der Waals surface area contributed by atoms with Gasteiger partial charge in [0, 0.05) is 16.5 Å². The van der Waals surface area contributed by atoms with Crippen LogP contribution in [-0.2, 0) is 0 Å². The summed E-state index contributed by atoms with van der Waals surface area (Å²) in [5.74, 6) is 0. The number of hydrogen-bond acceptors (Lipinski definition) is 1. The van der Waals surface area contributed by atoms with Gasteiger partial charge in [-0.1, -0.05) is 36.4 Å². The van der Waals surface area contributed by atoms with Crippen molar-refractivity contribution in [1.82, 2.24) is 4.98 Å². The largest absolute Gasteiger partial charge is 0.252 e. The van der Waals surface area contributed by atoms with Crippen molar-refractivity contribution in [2.75, 3.05) is 0 Å². The number of benzene rings is 2. The van der Waals surface area contributed by atoms with E-state index >= 15 is 0 Å². The lowest BCUT2D eigenvalue weighted by molar-refractivity contribution is 1.28. The first kappa shape index (κ1) is 9.34. The van der Waals surface area contributed by atoms with Crippen molar-refractivity contribution in [1.29, 1.82) is 0 Å². The summed E-state index contributed by atoms with van der Waals surface area (Å²) in [6, 6.07) is 14.9. The van der Waals surface area contributed by atoms with E-state index < -0.39 is 0 Å². The van der Waals surface area contributed by atoms with Gasteiger partial charge in [0.05, 0.1) is 5.52 Å². The summed E-state index contributed by atoms with van der Waals surface area (Å²) in [5, 5.41) is 3.79. The van der Waals surface area contributed by atoms with E-state index in [1.165, 1.54) is 21.7 Å². The summed E-state index contributed by atoms with van der Waals surface area (Å²) in [7, 11) is 0. The van der Waals surface area contributed by atoms with Gasteiger partial charge in [-0.15, -0.1) is 0 Å². The molecule has 0 saturated carbocycles. The smallest absolute Gasteiger partial charge is 0.0714 e. The van der Waals surface area contributed by atoms with E-state index in [0.717, 1.165) is 11.2 Å². The van der Waals surface area contributed by atoms with Crippen LogP contribution in [0.15, 0.2) is 42.5 Å². The molecule has 1 heteroatoms. The molecule has 0 aliphatic carbocycles. The SMILES string of the molecule is Cc1ccc2c(c1)nc(C)c1ccccc12. The zero-order valence-corrected chi connectivity index (χ0v) is 9.49. The van der Waals surface area contributed by atoms with E-state index in [1.54, 1.807) is 0 Å². The number of fused-ring (bicyclic) bond motifs is 3. The minimum absolute atomic E-state index is 1.09. The third kappa shape index (κ3) is 1.28. The Morgan fingerprint density at radius 2 is 1.56 bits per heavy atom. The van der Waals surface area contributed by atoms with Crippen molar-refractivity contribution in [2.24, 2.45) is 0 Å². The number of aryl methyl sites for hydroxylation is 2. The summed E-state index contributed by atoms with van der Waals surface area (Å²) in [6.07, 6.45) is 0. The second-order valence-electron chi connectivity index (χ2n) is 4.26. The first-order chi connectivity index (χ1) is 7.75. The summed E-state index contributed by atoms with van der Waals surface area (Å²) >= 11 is 0. The summed E-state index contributed by atoms with van der Waals surface area (Å²) < 4.78 is 0.